The number of benzene rings is 1. The second kappa shape index (κ2) is 8.94. The van der Waals surface area contributed by atoms with E-state index in [2.05, 4.69) is 20.6 Å². The highest BCUT2D eigenvalue weighted by Gasteiger charge is 2.30. The summed E-state index contributed by atoms with van der Waals surface area (Å²) < 4.78 is 31.8. The lowest BCUT2D eigenvalue weighted by atomic mass is 9.97. The second-order valence-electron chi connectivity index (χ2n) is 8.47. The zero-order valence-corrected chi connectivity index (χ0v) is 19.0. The number of halogens is 1. The quantitative estimate of drug-likeness (QED) is 0.491. The van der Waals surface area contributed by atoms with Gasteiger partial charge in [-0.15, -0.1) is 0 Å². The Hall–Kier alpha value is -3.66. The molecule has 0 spiro atoms. The highest BCUT2D eigenvalue weighted by atomic mass is 19.1. The fourth-order valence-electron chi connectivity index (χ4n) is 4.42. The number of fused-ring (bicyclic) bond motifs is 2. The SMILES string of the molecule is CC[C@@H]1COC[C@@H]1OC(=O)Nc1cc2cc(-c3cnc4c(c3C)NCCO4)c(F)c(N)c2cn1. The molecule has 2 atom stereocenters. The number of carbonyl (C=O) groups excluding carboxylic acids is 1. The molecular formula is C24H26FN5O4. The summed E-state index contributed by atoms with van der Waals surface area (Å²) in [6.07, 6.45) is 2.97. The maximum absolute atomic E-state index is 15.3. The van der Waals surface area contributed by atoms with E-state index in [0.29, 0.717) is 54.1 Å². The average Bonchev–Trinajstić information content (AvgIpc) is 3.29. The van der Waals surface area contributed by atoms with Gasteiger partial charge in [-0.25, -0.2) is 19.2 Å². The van der Waals surface area contributed by atoms with Crippen molar-refractivity contribution < 1.29 is 23.4 Å². The van der Waals surface area contributed by atoms with Crippen LogP contribution in [0.5, 0.6) is 5.88 Å². The van der Waals surface area contributed by atoms with Gasteiger partial charge in [0.2, 0.25) is 5.88 Å². The van der Waals surface area contributed by atoms with Crippen molar-refractivity contribution in [2.45, 2.75) is 26.4 Å². The molecule has 5 rings (SSSR count). The average molecular weight is 468 g/mol. The lowest BCUT2D eigenvalue weighted by Crippen LogP contribution is -2.28. The van der Waals surface area contributed by atoms with E-state index in [9.17, 15) is 4.79 Å². The molecule has 1 fully saturated rings. The molecule has 1 saturated heterocycles. The third kappa shape index (κ3) is 3.94. The van der Waals surface area contributed by atoms with Crippen molar-refractivity contribution >= 4 is 34.1 Å². The van der Waals surface area contributed by atoms with Crippen LogP contribution in [-0.2, 0) is 9.47 Å². The third-order valence-electron chi connectivity index (χ3n) is 6.39. The van der Waals surface area contributed by atoms with Gasteiger partial charge in [-0.2, -0.15) is 0 Å². The van der Waals surface area contributed by atoms with E-state index in [-0.39, 0.29) is 23.5 Å². The number of hydrogen-bond donors (Lipinski definition) is 3. The van der Waals surface area contributed by atoms with Gasteiger partial charge in [0.25, 0.3) is 0 Å². The van der Waals surface area contributed by atoms with E-state index in [1.165, 1.54) is 6.20 Å². The van der Waals surface area contributed by atoms with Gasteiger partial charge >= 0.3 is 6.09 Å². The Balaban J connectivity index is 1.46. The first-order valence-electron chi connectivity index (χ1n) is 11.3. The first-order chi connectivity index (χ1) is 16.5. The number of anilines is 3. The topological polar surface area (TPSA) is 121 Å². The van der Waals surface area contributed by atoms with Crippen molar-refractivity contribution in [1.29, 1.82) is 0 Å². The molecule has 2 aliphatic heterocycles. The highest BCUT2D eigenvalue weighted by Crippen LogP contribution is 2.39. The van der Waals surface area contributed by atoms with Crippen LogP contribution < -0.4 is 21.1 Å². The van der Waals surface area contributed by atoms with Gasteiger partial charge in [-0.1, -0.05) is 6.92 Å². The molecular weight excluding hydrogens is 441 g/mol. The minimum atomic E-state index is -0.614. The molecule has 0 unspecified atom stereocenters. The van der Waals surface area contributed by atoms with Gasteiger partial charge in [0.1, 0.15) is 24.2 Å². The Morgan fingerprint density at radius 2 is 2.15 bits per heavy atom. The van der Waals surface area contributed by atoms with Crippen molar-refractivity contribution in [3.8, 4) is 17.0 Å². The van der Waals surface area contributed by atoms with Gasteiger partial charge in [0, 0.05) is 41.4 Å². The molecule has 3 aromatic rings. The first-order valence-corrected chi connectivity index (χ1v) is 11.3. The van der Waals surface area contributed by atoms with Gasteiger partial charge in [0.05, 0.1) is 18.9 Å². The summed E-state index contributed by atoms with van der Waals surface area (Å²) in [4.78, 5) is 21.0. The summed E-state index contributed by atoms with van der Waals surface area (Å²) >= 11 is 0. The van der Waals surface area contributed by atoms with E-state index in [0.717, 1.165) is 17.7 Å². The second-order valence-corrected chi connectivity index (χ2v) is 8.47. The lowest BCUT2D eigenvalue weighted by Gasteiger charge is -2.22. The number of nitrogen functional groups attached to an aromatic ring is 1. The van der Waals surface area contributed by atoms with E-state index < -0.39 is 11.9 Å². The van der Waals surface area contributed by atoms with Gasteiger partial charge in [-0.3, -0.25) is 5.32 Å². The number of nitrogens with two attached hydrogens (primary N) is 1. The molecule has 4 N–H and O–H groups in total. The highest BCUT2D eigenvalue weighted by molar-refractivity contribution is 5.99. The van der Waals surface area contributed by atoms with Crippen LogP contribution in [0.1, 0.15) is 18.9 Å². The Morgan fingerprint density at radius 1 is 1.29 bits per heavy atom. The molecule has 0 bridgehead atoms. The molecule has 0 aliphatic carbocycles. The van der Waals surface area contributed by atoms with Crippen LogP contribution in [-0.4, -0.2) is 48.5 Å². The van der Waals surface area contributed by atoms with E-state index in [1.54, 1.807) is 18.3 Å². The van der Waals surface area contributed by atoms with Gasteiger partial charge in [0.15, 0.2) is 5.82 Å². The third-order valence-corrected chi connectivity index (χ3v) is 6.39. The van der Waals surface area contributed by atoms with Crippen molar-refractivity contribution in [2.24, 2.45) is 5.92 Å². The number of rotatable bonds is 4. The predicted molar refractivity (Wildman–Crippen MR) is 127 cm³/mol. The van der Waals surface area contributed by atoms with E-state index in [4.69, 9.17) is 19.9 Å². The summed E-state index contributed by atoms with van der Waals surface area (Å²) in [5, 5.41) is 6.97. The molecule has 178 valence electrons. The first kappa shape index (κ1) is 22.1. The van der Waals surface area contributed by atoms with Crippen LogP contribution in [0.25, 0.3) is 21.9 Å². The van der Waals surface area contributed by atoms with Gasteiger partial charge in [-0.05, 0) is 36.4 Å². The van der Waals surface area contributed by atoms with Crippen molar-refractivity contribution in [1.82, 2.24) is 9.97 Å². The molecule has 1 amide bonds. The smallest absolute Gasteiger partial charge is 0.413 e. The maximum Gasteiger partial charge on any atom is 0.413 e. The lowest BCUT2D eigenvalue weighted by molar-refractivity contribution is 0.0816. The van der Waals surface area contributed by atoms with Crippen LogP contribution in [0.2, 0.25) is 0 Å². The maximum atomic E-state index is 15.3. The predicted octanol–water partition coefficient (Wildman–Crippen LogP) is 4.10. The number of amides is 1. The van der Waals surface area contributed by atoms with Gasteiger partial charge < -0.3 is 25.3 Å². The molecule has 9 nitrogen and oxygen atoms in total. The summed E-state index contributed by atoms with van der Waals surface area (Å²) in [6, 6.07) is 3.32. The molecule has 34 heavy (non-hydrogen) atoms. The van der Waals surface area contributed by atoms with Crippen LogP contribution in [0, 0.1) is 18.7 Å². The molecule has 2 aromatic heterocycles. The minimum Gasteiger partial charge on any atom is -0.474 e. The monoisotopic (exact) mass is 467 g/mol. The van der Waals surface area contributed by atoms with E-state index >= 15 is 4.39 Å². The largest absolute Gasteiger partial charge is 0.474 e. The number of pyridine rings is 2. The summed E-state index contributed by atoms with van der Waals surface area (Å²) in [5.74, 6) is 0.391. The minimum absolute atomic E-state index is 0.0238. The van der Waals surface area contributed by atoms with Crippen LogP contribution in [0.4, 0.5) is 26.4 Å². The Labute approximate surface area is 195 Å². The van der Waals surface area contributed by atoms with Crippen molar-refractivity contribution in [2.75, 3.05) is 42.7 Å². The van der Waals surface area contributed by atoms with Crippen molar-refractivity contribution in [3.05, 3.63) is 35.9 Å². The Kier molecular flexibility index (Phi) is 5.82. The molecule has 10 heteroatoms. The van der Waals surface area contributed by atoms with Crippen molar-refractivity contribution in [3.63, 3.8) is 0 Å². The van der Waals surface area contributed by atoms with Crippen LogP contribution >= 0.6 is 0 Å². The summed E-state index contributed by atoms with van der Waals surface area (Å²) in [6.45, 7) is 6.03. The number of nitrogens with zero attached hydrogens (tertiary/aromatic N) is 2. The molecule has 2 aliphatic rings. The standard InChI is InChI=1S/C24H26FN5O4/c1-3-13-10-32-11-18(13)34-24(31)30-19-7-14-6-15(20(25)21(26)17(14)9-28-19)16-8-29-23-22(12(16)2)27-4-5-33-23/h6-9,13,18,27H,3-5,10-11,26H2,1-2H3,(H,28,30,31)/t13-,18+/m1/s1. The number of nitrogens with one attached hydrogen (secondary N) is 2. The fraction of sp³-hybridized carbons (Fsp3) is 0.375. The zero-order valence-electron chi connectivity index (χ0n) is 19.0. The van der Waals surface area contributed by atoms with Crippen LogP contribution in [0.15, 0.2) is 24.5 Å². The zero-order chi connectivity index (χ0) is 23.8. The normalized spacial score (nSPS) is 19.3. The number of hydrogen-bond acceptors (Lipinski definition) is 8. The fourth-order valence-corrected chi connectivity index (χ4v) is 4.42. The van der Waals surface area contributed by atoms with Crippen LogP contribution in [0.3, 0.4) is 0 Å². The number of aromatic nitrogens is 2. The number of carbonyl (C=O) groups is 1. The Morgan fingerprint density at radius 3 is 2.97 bits per heavy atom. The number of ether oxygens (including phenoxy) is 3. The van der Waals surface area contributed by atoms with E-state index in [1.807, 2.05) is 13.8 Å². The molecule has 4 heterocycles. The Bertz CT molecular complexity index is 1270. The summed E-state index contributed by atoms with van der Waals surface area (Å²) in [7, 11) is 0. The molecule has 0 saturated carbocycles. The summed E-state index contributed by atoms with van der Waals surface area (Å²) in [5.41, 5.74) is 8.56. The molecule has 0 radical (unpaired) electrons. The molecule has 1 aromatic carbocycles.